The first-order valence-corrected chi connectivity index (χ1v) is 5.09. The summed E-state index contributed by atoms with van der Waals surface area (Å²) < 4.78 is 4.37. The van der Waals surface area contributed by atoms with Gasteiger partial charge in [0.25, 0.3) is 5.91 Å². The van der Waals surface area contributed by atoms with Crippen molar-refractivity contribution in [2.45, 2.75) is 25.4 Å². The summed E-state index contributed by atoms with van der Waals surface area (Å²) in [5.41, 5.74) is 4.60. The van der Waals surface area contributed by atoms with Crippen molar-refractivity contribution in [1.29, 1.82) is 0 Å². The first-order valence-electron chi connectivity index (χ1n) is 5.09. The van der Waals surface area contributed by atoms with Crippen LogP contribution in [0.5, 0.6) is 0 Å². The third-order valence-corrected chi connectivity index (χ3v) is 2.68. The number of likely N-dealkylation sites (tertiary alicyclic amines) is 1. The molecule has 1 amide bonds. The molecule has 1 fully saturated rings. The number of hydrogen-bond acceptors (Lipinski definition) is 6. The zero-order valence-electron chi connectivity index (χ0n) is 9.01. The van der Waals surface area contributed by atoms with Gasteiger partial charge in [-0.2, -0.15) is 0 Å². The molecule has 88 valence electrons. The van der Waals surface area contributed by atoms with Gasteiger partial charge in [0.15, 0.2) is 0 Å². The molecule has 2 heterocycles. The van der Waals surface area contributed by atoms with Gasteiger partial charge in [0.2, 0.25) is 11.5 Å². The summed E-state index contributed by atoms with van der Waals surface area (Å²) in [6.45, 7) is 2.57. The summed E-state index contributed by atoms with van der Waals surface area (Å²) in [7, 11) is 0. The van der Waals surface area contributed by atoms with Gasteiger partial charge in [-0.05, 0) is 30.1 Å². The van der Waals surface area contributed by atoms with Crippen LogP contribution in [0.15, 0.2) is 4.63 Å². The highest BCUT2D eigenvalue weighted by Crippen LogP contribution is 2.22. The number of aliphatic hydroxyl groups is 1. The number of nitrogen functional groups attached to an aromatic ring is 1. The molecule has 7 heteroatoms. The summed E-state index contributed by atoms with van der Waals surface area (Å²) in [4.78, 5) is 13.5. The van der Waals surface area contributed by atoms with Crippen LogP contribution in [0.25, 0.3) is 0 Å². The number of aromatic nitrogens is 2. The van der Waals surface area contributed by atoms with Gasteiger partial charge in [0.1, 0.15) is 0 Å². The fourth-order valence-electron chi connectivity index (χ4n) is 1.89. The van der Waals surface area contributed by atoms with E-state index in [-0.39, 0.29) is 24.0 Å². The Kier molecular flexibility index (Phi) is 2.55. The number of amides is 1. The summed E-state index contributed by atoms with van der Waals surface area (Å²) in [6.07, 6.45) is 1.44. The van der Waals surface area contributed by atoms with E-state index in [4.69, 9.17) is 5.73 Å². The van der Waals surface area contributed by atoms with E-state index in [2.05, 4.69) is 14.9 Å². The summed E-state index contributed by atoms with van der Waals surface area (Å²) in [5.74, 6) is -0.367. The minimum absolute atomic E-state index is 0.0118. The topological polar surface area (TPSA) is 105 Å². The Morgan fingerprint density at radius 2 is 2.38 bits per heavy atom. The molecule has 1 atom stereocenters. The van der Waals surface area contributed by atoms with Crippen LogP contribution >= 0.6 is 0 Å². The molecule has 2 rings (SSSR count). The van der Waals surface area contributed by atoms with Crippen LogP contribution in [0.4, 0.5) is 5.82 Å². The number of anilines is 1. The van der Waals surface area contributed by atoms with E-state index >= 15 is 0 Å². The quantitative estimate of drug-likeness (QED) is 0.677. The van der Waals surface area contributed by atoms with E-state index in [1.165, 1.54) is 4.90 Å². The molecular formula is C9H14N4O3. The van der Waals surface area contributed by atoms with Gasteiger partial charge in [-0.3, -0.25) is 4.79 Å². The molecule has 0 bridgehead atoms. The molecule has 3 N–H and O–H groups in total. The molecule has 0 radical (unpaired) electrons. The number of β-amino-alcohol motifs (C(OH)–C–C–N with tert-alkyl or cyclic N) is 1. The molecule has 1 unspecified atom stereocenters. The number of hydrogen-bond donors (Lipinski definition) is 2. The number of nitrogens with two attached hydrogens (primary N) is 1. The third kappa shape index (κ3) is 1.99. The summed E-state index contributed by atoms with van der Waals surface area (Å²) >= 11 is 0. The summed E-state index contributed by atoms with van der Waals surface area (Å²) in [5, 5.41) is 16.7. The lowest BCUT2D eigenvalue weighted by Crippen LogP contribution is -2.48. The zero-order chi connectivity index (χ0) is 11.8. The Balaban J connectivity index is 2.14. The normalized spacial score (nSPS) is 25.8. The number of piperidine rings is 1. The fourth-order valence-corrected chi connectivity index (χ4v) is 1.89. The molecule has 1 aliphatic heterocycles. The van der Waals surface area contributed by atoms with Crippen LogP contribution in [0.1, 0.15) is 30.3 Å². The van der Waals surface area contributed by atoms with Crippen molar-refractivity contribution in [2.24, 2.45) is 0 Å². The van der Waals surface area contributed by atoms with E-state index in [1.807, 2.05) is 0 Å². The Hall–Kier alpha value is -1.63. The van der Waals surface area contributed by atoms with Gasteiger partial charge in [-0.25, -0.2) is 4.63 Å². The van der Waals surface area contributed by atoms with Crippen LogP contribution in [0, 0.1) is 0 Å². The largest absolute Gasteiger partial charge is 0.388 e. The van der Waals surface area contributed by atoms with E-state index in [0.29, 0.717) is 13.0 Å². The molecule has 0 spiro atoms. The highest BCUT2D eigenvalue weighted by molar-refractivity contribution is 5.96. The number of carbonyl (C=O) groups excluding carboxylic acids is 1. The monoisotopic (exact) mass is 226 g/mol. The Morgan fingerprint density at radius 3 is 2.94 bits per heavy atom. The maximum absolute atomic E-state index is 11.9. The molecule has 0 aliphatic carbocycles. The van der Waals surface area contributed by atoms with Crippen LogP contribution < -0.4 is 5.73 Å². The molecule has 0 aromatic carbocycles. The zero-order valence-corrected chi connectivity index (χ0v) is 9.01. The average molecular weight is 226 g/mol. The van der Waals surface area contributed by atoms with Gasteiger partial charge >= 0.3 is 0 Å². The van der Waals surface area contributed by atoms with Crippen molar-refractivity contribution in [3.8, 4) is 0 Å². The molecule has 7 nitrogen and oxygen atoms in total. The van der Waals surface area contributed by atoms with Gasteiger partial charge in [-0.15, -0.1) is 0 Å². The Morgan fingerprint density at radius 1 is 1.62 bits per heavy atom. The second-order valence-corrected chi connectivity index (χ2v) is 4.33. The fraction of sp³-hybridized carbons (Fsp3) is 0.667. The highest BCUT2D eigenvalue weighted by atomic mass is 16.6. The first kappa shape index (κ1) is 10.9. The highest BCUT2D eigenvalue weighted by Gasteiger charge is 2.33. The first-order chi connectivity index (χ1) is 7.49. The minimum Gasteiger partial charge on any atom is -0.388 e. The average Bonchev–Trinajstić information content (AvgIpc) is 2.62. The number of carbonyl (C=O) groups is 1. The molecule has 1 aromatic heterocycles. The van der Waals surface area contributed by atoms with Crippen LogP contribution in [0.3, 0.4) is 0 Å². The van der Waals surface area contributed by atoms with Gasteiger partial charge < -0.3 is 15.7 Å². The second kappa shape index (κ2) is 3.75. The number of rotatable bonds is 1. The van der Waals surface area contributed by atoms with E-state index in [0.717, 1.165) is 6.42 Å². The van der Waals surface area contributed by atoms with Gasteiger partial charge in [0, 0.05) is 13.1 Å². The molecule has 16 heavy (non-hydrogen) atoms. The second-order valence-electron chi connectivity index (χ2n) is 4.33. The minimum atomic E-state index is -0.847. The SMILES string of the molecule is CC1(O)CCCN(C(=O)c2nonc2N)C1. The lowest BCUT2D eigenvalue weighted by molar-refractivity contribution is -0.0110. The van der Waals surface area contributed by atoms with Crippen molar-refractivity contribution in [3.05, 3.63) is 5.69 Å². The molecule has 1 saturated heterocycles. The van der Waals surface area contributed by atoms with E-state index < -0.39 is 5.60 Å². The third-order valence-electron chi connectivity index (χ3n) is 2.68. The van der Waals surface area contributed by atoms with Crippen molar-refractivity contribution in [2.75, 3.05) is 18.8 Å². The van der Waals surface area contributed by atoms with Gasteiger partial charge in [-0.1, -0.05) is 0 Å². The summed E-state index contributed by atoms with van der Waals surface area (Å²) in [6, 6.07) is 0. The lowest BCUT2D eigenvalue weighted by atomic mass is 9.95. The maximum Gasteiger partial charge on any atom is 0.280 e. The molecule has 1 aliphatic rings. The van der Waals surface area contributed by atoms with E-state index in [9.17, 15) is 9.90 Å². The predicted molar refractivity (Wildman–Crippen MR) is 54.5 cm³/mol. The molecular weight excluding hydrogens is 212 g/mol. The molecule has 0 saturated carbocycles. The van der Waals surface area contributed by atoms with E-state index in [1.54, 1.807) is 6.92 Å². The van der Waals surface area contributed by atoms with Crippen molar-refractivity contribution >= 4 is 11.7 Å². The van der Waals surface area contributed by atoms with Crippen molar-refractivity contribution in [3.63, 3.8) is 0 Å². The smallest absolute Gasteiger partial charge is 0.280 e. The predicted octanol–water partition coefficient (Wildman–Crippen LogP) is -0.361. The van der Waals surface area contributed by atoms with Gasteiger partial charge in [0.05, 0.1) is 5.60 Å². The number of nitrogens with zero attached hydrogens (tertiary/aromatic N) is 3. The standard InChI is InChI=1S/C9H14N4O3/c1-9(15)3-2-4-13(5-9)8(14)6-7(10)12-16-11-6/h15H,2-5H2,1H3,(H2,10,12). The maximum atomic E-state index is 11.9. The van der Waals surface area contributed by atoms with Crippen LogP contribution in [-0.4, -0.2) is 44.9 Å². The molecule has 1 aromatic rings. The van der Waals surface area contributed by atoms with Crippen LogP contribution in [0.2, 0.25) is 0 Å². The Bertz CT molecular complexity index is 401. The lowest BCUT2D eigenvalue weighted by Gasteiger charge is -2.36. The van der Waals surface area contributed by atoms with Crippen molar-refractivity contribution in [1.82, 2.24) is 15.2 Å². The van der Waals surface area contributed by atoms with Crippen molar-refractivity contribution < 1.29 is 14.5 Å². The van der Waals surface area contributed by atoms with Crippen LogP contribution in [-0.2, 0) is 0 Å². The Labute approximate surface area is 92.2 Å².